The van der Waals surface area contributed by atoms with Gasteiger partial charge in [0.05, 0.1) is 12.1 Å². The van der Waals surface area contributed by atoms with E-state index >= 15 is 0 Å². The zero-order chi connectivity index (χ0) is 19.6. The zero-order valence-electron chi connectivity index (χ0n) is 16.0. The highest BCUT2D eigenvalue weighted by molar-refractivity contribution is 5.95. The van der Waals surface area contributed by atoms with E-state index in [-0.39, 0.29) is 18.4 Å². The summed E-state index contributed by atoms with van der Waals surface area (Å²) >= 11 is 0. The summed E-state index contributed by atoms with van der Waals surface area (Å²) in [6.45, 7) is 3.61. The molecule has 0 N–H and O–H groups in total. The van der Waals surface area contributed by atoms with E-state index in [0.29, 0.717) is 37.6 Å². The predicted octanol–water partition coefficient (Wildman–Crippen LogP) is 2.21. The number of carbonyl (C=O) groups excluding carboxylic acids is 2. The summed E-state index contributed by atoms with van der Waals surface area (Å²) in [5, 5.41) is 0. The molecule has 2 aliphatic rings. The summed E-state index contributed by atoms with van der Waals surface area (Å²) in [6.07, 6.45) is 3.95. The van der Waals surface area contributed by atoms with Crippen LogP contribution in [-0.4, -0.2) is 58.5 Å². The van der Waals surface area contributed by atoms with Gasteiger partial charge in [-0.25, -0.2) is 9.97 Å². The number of rotatable bonds is 2. The van der Waals surface area contributed by atoms with Gasteiger partial charge in [0.1, 0.15) is 18.1 Å². The van der Waals surface area contributed by atoms with Gasteiger partial charge in [-0.2, -0.15) is 0 Å². The molecule has 3 heterocycles. The lowest BCUT2D eigenvalue weighted by Crippen LogP contribution is -2.55. The van der Waals surface area contributed by atoms with Crippen molar-refractivity contribution in [2.24, 2.45) is 0 Å². The lowest BCUT2D eigenvalue weighted by Gasteiger charge is -2.42. The molecule has 7 heteroatoms. The van der Waals surface area contributed by atoms with Crippen molar-refractivity contribution in [1.29, 1.82) is 0 Å². The molecule has 0 aliphatic carbocycles. The maximum atomic E-state index is 12.8. The Labute approximate surface area is 164 Å². The predicted molar refractivity (Wildman–Crippen MR) is 104 cm³/mol. The molecule has 0 saturated carbocycles. The number of aromatic nitrogens is 2. The van der Waals surface area contributed by atoms with Gasteiger partial charge >= 0.3 is 0 Å². The number of hydrogen-bond donors (Lipinski definition) is 0. The zero-order valence-corrected chi connectivity index (χ0v) is 16.0. The number of carbonyl (C=O) groups is 2. The van der Waals surface area contributed by atoms with E-state index in [4.69, 9.17) is 4.74 Å². The molecule has 2 aromatic rings. The Kier molecular flexibility index (Phi) is 5.09. The first-order valence-corrected chi connectivity index (χ1v) is 9.65. The van der Waals surface area contributed by atoms with Gasteiger partial charge in [0.2, 0.25) is 0 Å². The van der Waals surface area contributed by atoms with E-state index in [9.17, 15) is 9.59 Å². The summed E-state index contributed by atoms with van der Waals surface area (Å²) in [5.41, 5.74) is 0.901. The van der Waals surface area contributed by atoms with E-state index in [2.05, 4.69) is 9.97 Å². The fraction of sp³-hybridized carbons (Fsp3) is 0.429. The van der Waals surface area contributed by atoms with Crippen molar-refractivity contribution in [3.05, 3.63) is 54.1 Å². The normalized spacial score (nSPS) is 23.0. The Morgan fingerprint density at radius 3 is 2.75 bits per heavy atom. The highest BCUT2D eigenvalue weighted by atomic mass is 16.5. The number of anilines is 1. The van der Waals surface area contributed by atoms with Gasteiger partial charge in [0.25, 0.3) is 11.8 Å². The molecule has 1 aromatic carbocycles. The van der Waals surface area contributed by atoms with Crippen LogP contribution in [0.2, 0.25) is 0 Å². The van der Waals surface area contributed by atoms with Crippen molar-refractivity contribution < 1.29 is 14.3 Å². The molecule has 1 spiro atoms. The van der Waals surface area contributed by atoms with Crippen LogP contribution < -0.4 is 4.90 Å². The number of ether oxygens (including phenoxy) is 1. The largest absolute Gasteiger partial charge is 0.363 e. The highest BCUT2D eigenvalue weighted by Gasteiger charge is 2.42. The lowest BCUT2D eigenvalue weighted by atomic mass is 9.92. The van der Waals surface area contributed by atoms with Crippen LogP contribution in [0.4, 0.5) is 5.69 Å². The molecular weight excluding hydrogens is 356 g/mol. The fourth-order valence-corrected chi connectivity index (χ4v) is 3.97. The van der Waals surface area contributed by atoms with Crippen LogP contribution in [0.25, 0.3) is 0 Å². The maximum absolute atomic E-state index is 12.8. The molecule has 0 bridgehead atoms. The van der Waals surface area contributed by atoms with Crippen LogP contribution in [0.3, 0.4) is 0 Å². The Morgan fingerprint density at radius 1 is 1.14 bits per heavy atom. The summed E-state index contributed by atoms with van der Waals surface area (Å²) in [7, 11) is 0. The molecule has 1 atom stereocenters. The number of para-hydroxylation sites is 1. The third kappa shape index (κ3) is 3.75. The second-order valence-electron chi connectivity index (χ2n) is 7.42. The summed E-state index contributed by atoms with van der Waals surface area (Å²) in [5.74, 6) is 0.490. The summed E-state index contributed by atoms with van der Waals surface area (Å²) in [6, 6.07) is 11.3. The van der Waals surface area contributed by atoms with E-state index in [1.807, 2.05) is 40.1 Å². The van der Waals surface area contributed by atoms with Crippen molar-refractivity contribution >= 4 is 17.5 Å². The molecular formula is C21H24N4O3. The standard InChI is InChI=1S/C21H24N4O3/c1-16-22-11-8-18(23-16)20(27)24-12-5-9-21(10-13-24)15-25(19(26)14-28-21)17-6-3-2-4-7-17/h2-4,6-8,11H,5,9-10,12-15H2,1H3. The first-order valence-electron chi connectivity index (χ1n) is 9.65. The van der Waals surface area contributed by atoms with Gasteiger partial charge < -0.3 is 14.5 Å². The minimum Gasteiger partial charge on any atom is -0.363 e. The number of aryl methyl sites for hydroxylation is 1. The second kappa shape index (κ2) is 7.67. The Morgan fingerprint density at radius 2 is 1.96 bits per heavy atom. The van der Waals surface area contributed by atoms with E-state index in [1.54, 1.807) is 19.2 Å². The molecule has 28 heavy (non-hydrogen) atoms. The minimum absolute atomic E-state index is 0.0227. The fourth-order valence-electron chi connectivity index (χ4n) is 3.97. The molecule has 1 unspecified atom stereocenters. The third-order valence-electron chi connectivity index (χ3n) is 5.50. The van der Waals surface area contributed by atoms with Crippen molar-refractivity contribution in [3.63, 3.8) is 0 Å². The third-order valence-corrected chi connectivity index (χ3v) is 5.50. The van der Waals surface area contributed by atoms with Crippen LogP contribution in [0, 0.1) is 6.92 Å². The van der Waals surface area contributed by atoms with Gasteiger partial charge in [-0.15, -0.1) is 0 Å². The molecule has 4 rings (SSSR count). The average Bonchev–Trinajstić information content (AvgIpc) is 2.93. The van der Waals surface area contributed by atoms with Gasteiger partial charge in [0, 0.05) is 25.0 Å². The molecule has 0 radical (unpaired) electrons. The number of morpholine rings is 1. The lowest BCUT2D eigenvalue weighted by molar-refractivity contribution is -0.140. The van der Waals surface area contributed by atoms with Gasteiger partial charge in [-0.3, -0.25) is 9.59 Å². The number of hydrogen-bond acceptors (Lipinski definition) is 5. The molecule has 2 fully saturated rings. The molecule has 2 amide bonds. The maximum Gasteiger partial charge on any atom is 0.272 e. The number of nitrogens with zero attached hydrogens (tertiary/aromatic N) is 4. The van der Waals surface area contributed by atoms with Crippen LogP contribution in [0.15, 0.2) is 42.6 Å². The molecule has 2 saturated heterocycles. The molecule has 7 nitrogen and oxygen atoms in total. The van der Waals surface area contributed by atoms with Gasteiger partial charge in [0.15, 0.2) is 0 Å². The molecule has 1 aromatic heterocycles. The topological polar surface area (TPSA) is 75.6 Å². The summed E-state index contributed by atoms with van der Waals surface area (Å²) < 4.78 is 6.05. The highest BCUT2D eigenvalue weighted by Crippen LogP contribution is 2.33. The van der Waals surface area contributed by atoms with Crippen LogP contribution in [0.5, 0.6) is 0 Å². The number of amides is 2. The second-order valence-corrected chi connectivity index (χ2v) is 7.42. The molecule has 146 valence electrons. The first kappa shape index (κ1) is 18.6. The first-order chi connectivity index (χ1) is 13.6. The Hall–Kier alpha value is -2.80. The smallest absolute Gasteiger partial charge is 0.272 e. The van der Waals surface area contributed by atoms with Crippen molar-refractivity contribution in [1.82, 2.24) is 14.9 Å². The SMILES string of the molecule is Cc1nccc(C(=O)N2CCCC3(CC2)CN(c2ccccc2)C(=O)CO3)n1. The van der Waals surface area contributed by atoms with E-state index in [0.717, 1.165) is 18.5 Å². The van der Waals surface area contributed by atoms with Crippen LogP contribution in [0.1, 0.15) is 35.6 Å². The van der Waals surface area contributed by atoms with Crippen LogP contribution in [-0.2, 0) is 9.53 Å². The van der Waals surface area contributed by atoms with Crippen molar-refractivity contribution in [2.75, 3.05) is 31.1 Å². The monoisotopic (exact) mass is 380 g/mol. The van der Waals surface area contributed by atoms with Crippen molar-refractivity contribution in [3.8, 4) is 0 Å². The van der Waals surface area contributed by atoms with Crippen molar-refractivity contribution in [2.45, 2.75) is 31.8 Å². The molecule has 2 aliphatic heterocycles. The number of likely N-dealkylation sites (tertiary alicyclic amines) is 1. The quantitative estimate of drug-likeness (QED) is 0.799. The Bertz CT molecular complexity index is 873. The summed E-state index contributed by atoms with van der Waals surface area (Å²) in [4.78, 5) is 37.2. The van der Waals surface area contributed by atoms with Crippen LogP contribution >= 0.6 is 0 Å². The van der Waals surface area contributed by atoms with E-state index < -0.39 is 5.60 Å². The van der Waals surface area contributed by atoms with Gasteiger partial charge in [-0.05, 0) is 44.4 Å². The average molecular weight is 380 g/mol. The van der Waals surface area contributed by atoms with Gasteiger partial charge in [-0.1, -0.05) is 18.2 Å². The minimum atomic E-state index is -0.416. The Balaban J connectivity index is 1.48. The number of benzene rings is 1. The van der Waals surface area contributed by atoms with E-state index in [1.165, 1.54) is 0 Å².